The van der Waals surface area contributed by atoms with Crippen molar-refractivity contribution in [1.82, 2.24) is 9.21 Å². The normalized spacial score (nSPS) is 19.1. The largest absolute Gasteiger partial charge is 0.495 e. The van der Waals surface area contributed by atoms with Crippen LogP contribution in [0.25, 0.3) is 0 Å². The zero-order valence-electron chi connectivity index (χ0n) is 17.3. The number of methoxy groups -OCH3 is 1. The Hall–Kier alpha value is -2.91. The van der Waals surface area contributed by atoms with Crippen LogP contribution >= 0.6 is 0 Å². The third-order valence-electron chi connectivity index (χ3n) is 5.93. The van der Waals surface area contributed by atoms with Crippen LogP contribution < -0.4 is 10.5 Å². The summed E-state index contributed by atoms with van der Waals surface area (Å²) in [7, 11) is -2.41. The van der Waals surface area contributed by atoms with Gasteiger partial charge in [-0.15, -0.1) is 0 Å². The lowest BCUT2D eigenvalue weighted by molar-refractivity contribution is -0.122. The van der Waals surface area contributed by atoms with Crippen LogP contribution in [0.15, 0.2) is 47.4 Å². The topological polar surface area (TPSA) is 110 Å². The quantitative estimate of drug-likeness (QED) is 0.754. The number of nitrogens with two attached hydrogens (primary N) is 1. The second kappa shape index (κ2) is 8.32. The number of amides is 2. The van der Waals surface area contributed by atoms with Crippen molar-refractivity contribution in [3.05, 3.63) is 59.2 Å². The van der Waals surface area contributed by atoms with Crippen LogP contribution in [0.4, 0.5) is 0 Å². The molecule has 2 amide bonds. The highest BCUT2D eigenvalue weighted by atomic mass is 32.2. The lowest BCUT2D eigenvalue weighted by Crippen LogP contribution is -2.51. The second-order valence-corrected chi connectivity index (χ2v) is 9.71. The van der Waals surface area contributed by atoms with Gasteiger partial charge >= 0.3 is 0 Å². The Labute approximate surface area is 181 Å². The van der Waals surface area contributed by atoms with Gasteiger partial charge in [0.25, 0.3) is 5.91 Å². The summed E-state index contributed by atoms with van der Waals surface area (Å²) in [6.45, 7) is 1.11. The van der Waals surface area contributed by atoms with Gasteiger partial charge in [-0.25, -0.2) is 8.42 Å². The highest BCUT2D eigenvalue weighted by molar-refractivity contribution is 7.89. The average molecular weight is 444 g/mol. The maximum absolute atomic E-state index is 13.4. The van der Waals surface area contributed by atoms with Gasteiger partial charge in [-0.1, -0.05) is 24.3 Å². The predicted octanol–water partition coefficient (Wildman–Crippen LogP) is 1.53. The van der Waals surface area contributed by atoms with E-state index in [1.807, 2.05) is 24.3 Å². The first-order valence-corrected chi connectivity index (χ1v) is 11.6. The number of ether oxygens (including phenoxy) is 1. The van der Waals surface area contributed by atoms with Gasteiger partial charge in [-0.2, -0.15) is 4.31 Å². The molecule has 2 heterocycles. The van der Waals surface area contributed by atoms with Crippen molar-refractivity contribution >= 4 is 21.8 Å². The van der Waals surface area contributed by atoms with Crippen LogP contribution in [0.2, 0.25) is 0 Å². The lowest BCUT2D eigenvalue weighted by Gasteiger charge is -2.35. The fraction of sp³-hybridized carbons (Fsp3) is 0.364. The van der Waals surface area contributed by atoms with Crippen LogP contribution in [-0.4, -0.2) is 55.7 Å². The minimum Gasteiger partial charge on any atom is -0.495 e. The van der Waals surface area contributed by atoms with Gasteiger partial charge in [0, 0.05) is 31.6 Å². The smallest absolute Gasteiger partial charge is 0.254 e. The SMILES string of the molecule is COc1ccc(C(=O)N2Cc3ccccc3CC2C(N)=O)cc1S(=O)(=O)N1CCCC1. The summed E-state index contributed by atoms with van der Waals surface area (Å²) in [4.78, 5) is 26.9. The molecule has 0 spiro atoms. The summed E-state index contributed by atoms with van der Waals surface area (Å²) in [5.41, 5.74) is 7.68. The molecule has 9 heteroatoms. The van der Waals surface area contributed by atoms with E-state index in [2.05, 4.69) is 0 Å². The van der Waals surface area contributed by atoms with E-state index in [0.29, 0.717) is 19.5 Å². The molecule has 4 rings (SSSR count). The molecule has 1 atom stereocenters. The van der Waals surface area contributed by atoms with Gasteiger partial charge in [0.1, 0.15) is 16.7 Å². The minimum atomic E-state index is -3.80. The van der Waals surface area contributed by atoms with E-state index in [0.717, 1.165) is 24.0 Å². The summed E-state index contributed by atoms with van der Waals surface area (Å²) >= 11 is 0. The number of hydrogen-bond donors (Lipinski definition) is 1. The monoisotopic (exact) mass is 443 g/mol. The van der Waals surface area contributed by atoms with Crippen molar-refractivity contribution in [3.63, 3.8) is 0 Å². The molecule has 1 saturated heterocycles. The first kappa shape index (κ1) is 21.3. The van der Waals surface area contributed by atoms with E-state index in [1.165, 1.54) is 34.5 Å². The maximum atomic E-state index is 13.4. The molecule has 8 nitrogen and oxygen atoms in total. The first-order valence-electron chi connectivity index (χ1n) is 10.2. The summed E-state index contributed by atoms with van der Waals surface area (Å²) in [6.07, 6.45) is 1.92. The zero-order valence-corrected chi connectivity index (χ0v) is 18.1. The van der Waals surface area contributed by atoms with Crippen LogP contribution in [0.3, 0.4) is 0 Å². The second-order valence-electron chi connectivity index (χ2n) is 7.80. The number of benzene rings is 2. The number of carbonyl (C=O) groups excluding carboxylic acids is 2. The molecule has 2 aliphatic heterocycles. The molecule has 0 radical (unpaired) electrons. The number of sulfonamides is 1. The lowest BCUT2D eigenvalue weighted by atomic mass is 9.93. The van der Waals surface area contributed by atoms with Gasteiger partial charge in [-0.3, -0.25) is 9.59 Å². The summed E-state index contributed by atoms with van der Waals surface area (Å²) < 4.78 is 33.0. The highest BCUT2D eigenvalue weighted by Crippen LogP contribution is 2.31. The van der Waals surface area contributed by atoms with Crippen molar-refractivity contribution < 1.29 is 22.7 Å². The van der Waals surface area contributed by atoms with E-state index in [9.17, 15) is 18.0 Å². The summed E-state index contributed by atoms with van der Waals surface area (Å²) in [6, 6.07) is 11.1. The first-order chi connectivity index (χ1) is 14.8. The summed E-state index contributed by atoms with van der Waals surface area (Å²) in [5.74, 6) is -0.862. The molecule has 0 bridgehead atoms. The molecule has 1 unspecified atom stereocenters. The van der Waals surface area contributed by atoms with Gasteiger partial charge in [0.05, 0.1) is 7.11 Å². The number of fused-ring (bicyclic) bond motifs is 1. The molecule has 2 N–H and O–H groups in total. The fourth-order valence-electron chi connectivity index (χ4n) is 4.24. The number of primary amides is 1. The molecule has 0 aliphatic carbocycles. The van der Waals surface area contributed by atoms with Crippen LogP contribution in [-0.2, 0) is 27.8 Å². The Morgan fingerprint density at radius 3 is 2.39 bits per heavy atom. The van der Waals surface area contributed by atoms with Crippen molar-refractivity contribution in [2.45, 2.75) is 36.7 Å². The Morgan fingerprint density at radius 1 is 1.06 bits per heavy atom. The van der Waals surface area contributed by atoms with Gasteiger partial charge in [-0.05, 0) is 42.2 Å². The third kappa shape index (κ3) is 3.90. The molecular formula is C22H25N3O5S. The molecule has 0 aromatic heterocycles. The van der Waals surface area contributed by atoms with Crippen molar-refractivity contribution in [2.75, 3.05) is 20.2 Å². The molecule has 31 heavy (non-hydrogen) atoms. The van der Waals surface area contributed by atoms with Crippen molar-refractivity contribution in [2.24, 2.45) is 5.73 Å². The Balaban J connectivity index is 1.72. The zero-order chi connectivity index (χ0) is 22.2. The molecule has 2 aromatic rings. The number of rotatable bonds is 5. The molecule has 2 aliphatic rings. The van der Waals surface area contributed by atoms with Crippen LogP contribution in [0.5, 0.6) is 5.75 Å². The maximum Gasteiger partial charge on any atom is 0.254 e. The standard InChI is InChI=1S/C22H25N3O5S/c1-30-19-9-8-16(13-20(19)31(28,29)24-10-4-5-11-24)22(27)25-14-17-7-3-2-6-15(17)12-18(25)21(23)26/h2-3,6-9,13,18H,4-5,10-12,14H2,1H3,(H2,23,26). The number of nitrogens with zero attached hydrogens (tertiary/aromatic N) is 2. The van der Waals surface area contributed by atoms with E-state index in [4.69, 9.17) is 10.5 Å². The Morgan fingerprint density at radius 2 is 1.74 bits per heavy atom. The van der Waals surface area contributed by atoms with Crippen molar-refractivity contribution in [1.29, 1.82) is 0 Å². The van der Waals surface area contributed by atoms with E-state index >= 15 is 0 Å². The minimum absolute atomic E-state index is 0.0456. The molecule has 164 valence electrons. The van der Waals surface area contributed by atoms with Gasteiger partial charge < -0.3 is 15.4 Å². The highest BCUT2D eigenvalue weighted by Gasteiger charge is 2.35. The fourth-order valence-corrected chi connectivity index (χ4v) is 5.93. The van der Waals surface area contributed by atoms with Crippen LogP contribution in [0.1, 0.15) is 34.3 Å². The number of carbonyl (C=O) groups is 2. The molecule has 0 saturated carbocycles. The van der Waals surface area contributed by atoms with E-state index in [1.54, 1.807) is 0 Å². The van der Waals surface area contributed by atoms with Crippen LogP contribution in [0, 0.1) is 0 Å². The predicted molar refractivity (Wildman–Crippen MR) is 114 cm³/mol. The average Bonchev–Trinajstić information content (AvgIpc) is 3.33. The molecule has 1 fully saturated rings. The van der Waals surface area contributed by atoms with E-state index < -0.39 is 27.9 Å². The Bertz CT molecular complexity index is 1130. The third-order valence-corrected chi connectivity index (χ3v) is 7.85. The Kier molecular flexibility index (Phi) is 5.72. The van der Waals surface area contributed by atoms with Gasteiger partial charge in [0.15, 0.2) is 0 Å². The number of hydrogen-bond acceptors (Lipinski definition) is 5. The van der Waals surface area contributed by atoms with Crippen molar-refractivity contribution in [3.8, 4) is 5.75 Å². The summed E-state index contributed by atoms with van der Waals surface area (Å²) in [5, 5.41) is 0. The molecule has 2 aromatic carbocycles. The van der Waals surface area contributed by atoms with E-state index in [-0.39, 0.29) is 22.8 Å². The molecular weight excluding hydrogens is 418 g/mol. The van der Waals surface area contributed by atoms with Gasteiger partial charge in [0.2, 0.25) is 15.9 Å².